The van der Waals surface area contributed by atoms with Crippen molar-refractivity contribution in [2.45, 2.75) is 64.6 Å². The van der Waals surface area contributed by atoms with Gasteiger partial charge in [0.2, 0.25) is 5.91 Å². The number of nitrogens with one attached hydrogen (secondary N) is 1. The number of carboxylic acid groups (broad SMARTS) is 1. The van der Waals surface area contributed by atoms with Crippen LogP contribution >= 0.6 is 0 Å². The molecule has 6 nitrogen and oxygen atoms in total. The van der Waals surface area contributed by atoms with E-state index in [4.69, 9.17) is 4.74 Å². The summed E-state index contributed by atoms with van der Waals surface area (Å²) in [6.07, 6.45) is 2.14. The second-order valence-corrected chi connectivity index (χ2v) is 8.35. The van der Waals surface area contributed by atoms with E-state index >= 15 is 0 Å². The van der Waals surface area contributed by atoms with Crippen molar-refractivity contribution >= 4 is 17.6 Å². The Kier molecular flexibility index (Phi) is 7.69. The Bertz CT molecular complexity index is 895. The first kappa shape index (κ1) is 22.8. The minimum Gasteiger partial charge on any atom is -0.489 e. The predicted octanol–water partition coefficient (Wildman–Crippen LogP) is 4.34. The number of hydrogen-bond donors (Lipinski definition) is 2. The lowest BCUT2D eigenvalue weighted by atomic mass is 10.0. The molecule has 2 N–H and O–H groups in total. The zero-order chi connectivity index (χ0) is 22.4. The maximum absolute atomic E-state index is 13.5. The number of nitrogens with zero attached hydrogens (tertiary/aromatic N) is 1. The fourth-order valence-corrected chi connectivity index (χ4v) is 3.76. The molecule has 0 aromatic heterocycles. The molecule has 0 fully saturated rings. The standard InChI is InChI=1S/C25H32N2O4/c1-4-5-8-20(25(29)30)26-21-16-31-23-10-7-6-9-22(23)27(24(21)28)15-18-11-13-19(14-12-18)17(2)3/h6-7,9-14,17,20-21,26H,4-5,8,15-16H2,1-3H3,(H,29,30)/t20-,21+/m1/s1. The van der Waals surface area contributed by atoms with Crippen molar-refractivity contribution in [1.29, 1.82) is 0 Å². The number of fused-ring (bicyclic) bond motifs is 1. The van der Waals surface area contributed by atoms with Gasteiger partial charge < -0.3 is 14.7 Å². The molecule has 1 amide bonds. The quantitative estimate of drug-likeness (QED) is 0.626. The van der Waals surface area contributed by atoms with Gasteiger partial charge in [-0.3, -0.25) is 14.9 Å². The molecule has 1 heterocycles. The van der Waals surface area contributed by atoms with Gasteiger partial charge in [0.25, 0.3) is 0 Å². The molecule has 1 aliphatic heterocycles. The number of anilines is 1. The van der Waals surface area contributed by atoms with Gasteiger partial charge in [0.1, 0.15) is 24.4 Å². The van der Waals surface area contributed by atoms with E-state index in [9.17, 15) is 14.7 Å². The van der Waals surface area contributed by atoms with Gasteiger partial charge in [0, 0.05) is 0 Å². The van der Waals surface area contributed by atoms with E-state index in [2.05, 4.69) is 31.3 Å². The van der Waals surface area contributed by atoms with Gasteiger partial charge in [-0.2, -0.15) is 0 Å². The maximum Gasteiger partial charge on any atom is 0.320 e. The number of carbonyl (C=O) groups excluding carboxylic acids is 1. The Balaban J connectivity index is 1.86. The summed E-state index contributed by atoms with van der Waals surface area (Å²) in [6, 6.07) is 14.2. The molecule has 3 rings (SSSR count). The number of carbonyl (C=O) groups is 2. The van der Waals surface area contributed by atoms with Gasteiger partial charge in [-0.05, 0) is 35.6 Å². The Morgan fingerprint density at radius 2 is 1.90 bits per heavy atom. The summed E-state index contributed by atoms with van der Waals surface area (Å²) in [5, 5.41) is 12.6. The van der Waals surface area contributed by atoms with Crippen molar-refractivity contribution < 1.29 is 19.4 Å². The number of ether oxygens (including phenoxy) is 1. The van der Waals surface area contributed by atoms with E-state index in [-0.39, 0.29) is 12.5 Å². The molecule has 2 aromatic rings. The number of benzene rings is 2. The number of amides is 1. The summed E-state index contributed by atoms with van der Waals surface area (Å²) in [5.41, 5.74) is 2.95. The van der Waals surface area contributed by atoms with Gasteiger partial charge in [-0.25, -0.2) is 0 Å². The average Bonchev–Trinajstić information content (AvgIpc) is 2.89. The molecule has 0 saturated carbocycles. The fourth-order valence-electron chi connectivity index (χ4n) is 3.76. The lowest BCUT2D eigenvalue weighted by Crippen LogP contribution is -2.53. The minimum atomic E-state index is -0.946. The summed E-state index contributed by atoms with van der Waals surface area (Å²) < 4.78 is 5.92. The van der Waals surface area contributed by atoms with E-state index in [1.165, 1.54) is 5.56 Å². The third kappa shape index (κ3) is 5.64. The summed E-state index contributed by atoms with van der Waals surface area (Å²) >= 11 is 0. The van der Waals surface area contributed by atoms with Crippen LogP contribution in [0.5, 0.6) is 5.75 Å². The molecular weight excluding hydrogens is 392 g/mol. The molecule has 0 spiro atoms. The van der Waals surface area contributed by atoms with Crippen LogP contribution in [0.25, 0.3) is 0 Å². The van der Waals surface area contributed by atoms with Crippen LogP contribution in [-0.2, 0) is 16.1 Å². The number of hydrogen-bond acceptors (Lipinski definition) is 4. The number of unbranched alkanes of at least 4 members (excludes halogenated alkanes) is 1. The zero-order valence-electron chi connectivity index (χ0n) is 18.5. The van der Waals surface area contributed by atoms with Crippen LogP contribution in [0.4, 0.5) is 5.69 Å². The maximum atomic E-state index is 13.5. The first-order chi connectivity index (χ1) is 14.9. The summed E-state index contributed by atoms with van der Waals surface area (Å²) in [5.74, 6) is -0.0634. The third-order valence-electron chi connectivity index (χ3n) is 5.66. The summed E-state index contributed by atoms with van der Waals surface area (Å²) in [7, 11) is 0. The largest absolute Gasteiger partial charge is 0.489 e. The van der Waals surface area contributed by atoms with Crippen LogP contribution in [0.1, 0.15) is 57.1 Å². The average molecular weight is 425 g/mol. The van der Waals surface area contributed by atoms with Crippen molar-refractivity contribution in [2.75, 3.05) is 11.5 Å². The molecule has 0 unspecified atom stereocenters. The first-order valence-corrected chi connectivity index (χ1v) is 11.0. The normalized spacial score (nSPS) is 17.1. The van der Waals surface area contributed by atoms with Crippen LogP contribution in [0.2, 0.25) is 0 Å². The van der Waals surface area contributed by atoms with E-state index < -0.39 is 18.1 Å². The highest BCUT2D eigenvalue weighted by molar-refractivity contribution is 5.99. The summed E-state index contributed by atoms with van der Waals surface area (Å²) in [6.45, 7) is 6.79. The topological polar surface area (TPSA) is 78.9 Å². The van der Waals surface area contributed by atoms with E-state index in [0.29, 0.717) is 30.3 Å². The third-order valence-corrected chi connectivity index (χ3v) is 5.66. The van der Waals surface area contributed by atoms with Gasteiger partial charge in [0.05, 0.1) is 12.2 Å². The molecule has 31 heavy (non-hydrogen) atoms. The fraction of sp³-hybridized carbons (Fsp3) is 0.440. The van der Waals surface area contributed by atoms with Crippen molar-refractivity contribution in [3.63, 3.8) is 0 Å². The second kappa shape index (κ2) is 10.4. The van der Waals surface area contributed by atoms with E-state index in [0.717, 1.165) is 18.4 Å². The van der Waals surface area contributed by atoms with Crippen molar-refractivity contribution in [2.24, 2.45) is 0 Å². The number of aliphatic carboxylic acids is 1. The van der Waals surface area contributed by atoms with Crippen LogP contribution in [-0.4, -0.2) is 35.7 Å². The Morgan fingerprint density at radius 3 is 2.55 bits per heavy atom. The Hall–Kier alpha value is -2.86. The highest BCUT2D eigenvalue weighted by Gasteiger charge is 2.34. The molecule has 0 saturated heterocycles. The Morgan fingerprint density at radius 1 is 1.19 bits per heavy atom. The van der Waals surface area contributed by atoms with Crippen LogP contribution in [0.15, 0.2) is 48.5 Å². The molecule has 0 bridgehead atoms. The smallest absolute Gasteiger partial charge is 0.320 e. The first-order valence-electron chi connectivity index (χ1n) is 11.0. The Labute approximate surface area is 184 Å². The van der Waals surface area contributed by atoms with E-state index in [1.807, 2.05) is 43.3 Å². The van der Waals surface area contributed by atoms with Gasteiger partial charge >= 0.3 is 5.97 Å². The van der Waals surface area contributed by atoms with Crippen LogP contribution in [0, 0.1) is 0 Å². The highest BCUT2D eigenvalue weighted by Crippen LogP contribution is 2.32. The monoisotopic (exact) mass is 424 g/mol. The predicted molar refractivity (Wildman–Crippen MR) is 122 cm³/mol. The van der Waals surface area contributed by atoms with Crippen molar-refractivity contribution in [1.82, 2.24) is 5.32 Å². The second-order valence-electron chi connectivity index (χ2n) is 8.35. The molecule has 2 aromatic carbocycles. The van der Waals surface area contributed by atoms with Crippen molar-refractivity contribution in [3.05, 3.63) is 59.7 Å². The molecule has 166 valence electrons. The highest BCUT2D eigenvalue weighted by atomic mass is 16.5. The van der Waals surface area contributed by atoms with Gasteiger partial charge in [-0.15, -0.1) is 0 Å². The molecule has 6 heteroatoms. The summed E-state index contributed by atoms with van der Waals surface area (Å²) in [4.78, 5) is 26.9. The number of para-hydroxylation sites is 2. The molecule has 0 aliphatic carbocycles. The molecular formula is C25H32N2O4. The molecule has 2 atom stereocenters. The van der Waals surface area contributed by atoms with Gasteiger partial charge in [0.15, 0.2) is 0 Å². The zero-order valence-corrected chi connectivity index (χ0v) is 18.5. The SMILES string of the molecule is CCCC[C@@H](N[C@H]1COc2ccccc2N(Cc2ccc(C(C)C)cc2)C1=O)C(=O)O. The van der Waals surface area contributed by atoms with Gasteiger partial charge in [-0.1, -0.05) is 70.0 Å². The van der Waals surface area contributed by atoms with Crippen molar-refractivity contribution in [3.8, 4) is 5.75 Å². The number of rotatable bonds is 9. The minimum absolute atomic E-state index is 0.0918. The van der Waals surface area contributed by atoms with Crippen LogP contribution < -0.4 is 15.0 Å². The lowest BCUT2D eigenvalue weighted by Gasteiger charge is -2.27. The molecule has 1 aliphatic rings. The lowest BCUT2D eigenvalue weighted by molar-refractivity contribution is -0.140. The molecule has 0 radical (unpaired) electrons. The van der Waals surface area contributed by atoms with Crippen LogP contribution in [0.3, 0.4) is 0 Å². The number of carboxylic acids is 1. The van der Waals surface area contributed by atoms with E-state index in [1.54, 1.807) is 4.90 Å².